The van der Waals surface area contributed by atoms with Crippen molar-refractivity contribution in [2.75, 3.05) is 39.3 Å². The largest absolute Gasteiger partial charge is 0.338 e. The van der Waals surface area contributed by atoms with Gasteiger partial charge in [0, 0.05) is 57.8 Å². The summed E-state index contributed by atoms with van der Waals surface area (Å²) in [6.45, 7) is 5.56. The van der Waals surface area contributed by atoms with Gasteiger partial charge >= 0.3 is 0 Å². The van der Waals surface area contributed by atoms with E-state index < -0.39 is 0 Å². The lowest BCUT2D eigenvalue weighted by Gasteiger charge is -2.34. The van der Waals surface area contributed by atoms with Crippen LogP contribution in [-0.2, 0) is 11.3 Å². The molecule has 5 nitrogen and oxygen atoms in total. The highest BCUT2D eigenvalue weighted by atomic mass is 16.2. The molecule has 156 valence electrons. The van der Waals surface area contributed by atoms with Gasteiger partial charge in [-0.1, -0.05) is 54.6 Å². The molecule has 0 aliphatic carbocycles. The molecule has 0 radical (unpaired) electrons. The minimum absolute atomic E-state index is 0.0871. The summed E-state index contributed by atoms with van der Waals surface area (Å²) in [5.41, 5.74) is 2.96. The molecule has 5 heteroatoms. The van der Waals surface area contributed by atoms with Gasteiger partial charge in [-0.2, -0.15) is 0 Å². The predicted molar refractivity (Wildman–Crippen MR) is 119 cm³/mol. The molecule has 0 saturated carbocycles. The molecule has 2 saturated heterocycles. The molecule has 0 bridgehead atoms. The van der Waals surface area contributed by atoms with E-state index in [0.717, 1.165) is 56.8 Å². The van der Waals surface area contributed by atoms with Crippen LogP contribution in [-0.4, -0.2) is 65.8 Å². The summed E-state index contributed by atoms with van der Waals surface area (Å²) in [6.07, 6.45) is 5.91. The highest BCUT2D eigenvalue weighted by molar-refractivity contribution is 5.94. The van der Waals surface area contributed by atoms with Crippen LogP contribution in [0.1, 0.15) is 34.3 Å². The predicted octanol–water partition coefficient (Wildman–Crippen LogP) is 3.28. The first-order valence-electron chi connectivity index (χ1n) is 10.8. The number of benzene rings is 2. The van der Waals surface area contributed by atoms with Crippen molar-refractivity contribution in [2.24, 2.45) is 0 Å². The normalized spacial score (nSPS) is 17.8. The van der Waals surface area contributed by atoms with Crippen molar-refractivity contribution in [2.45, 2.75) is 19.4 Å². The maximum Gasteiger partial charge on any atom is 0.253 e. The highest BCUT2D eigenvalue weighted by Crippen LogP contribution is 2.16. The maximum absolute atomic E-state index is 13.0. The maximum atomic E-state index is 13.0. The van der Waals surface area contributed by atoms with E-state index in [1.165, 1.54) is 5.56 Å². The van der Waals surface area contributed by atoms with Crippen LogP contribution in [0.5, 0.6) is 0 Å². The number of likely N-dealkylation sites (tertiary alicyclic amines) is 1. The lowest BCUT2D eigenvalue weighted by molar-refractivity contribution is -0.128. The molecule has 0 spiro atoms. The van der Waals surface area contributed by atoms with E-state index in [1.807, 2.05) is 52.3 Å². The number of carbonyl (C=O) groups is 2. The van der Waals surface area contributed by atoms with Crippen molar-refractivity contribution in [1.82, 2.24) is 14.7 Å². The quantitative estimate of drug-likeness (QED) is 0.744. The molecule has 2 aliphatic rings. The Hall–Kier alpha value is -2.92. The van der Waals surface area contributed by atoms with Crippen LogP contribution < -0.4 is 0 Å². The zero-order chi connectivity index (χ0) is 20.8. The van der Waals surface area contributed by atoms with Gasteiger partial charge in [0.2, 0.25) is 5.91 Å². The lowest BCUT2D eigenvalue weighted by atomic mass is 10.1. The van der Waals surface area contributed by atoms with Gasteiger partial charge in [0.05, 0.1) is 0 Å². The summed E-state index contributed by atoms with van der Waals surface area (Å²) in [4.78, 5) is 31.0. The van der Waals surface area contributed by atoms with Crippen molar-refractivity contribution < 1.29 is 9.59 Å². The number of amides is 2. The topological polar surface area (TPSA) is 43.9 Å². The van der Waals surface area contributed by atoms with Gasteiger partial charge in [-0.3, -0.25) is 14.5 Å². The molecule has 2 aromatic rings. The van der Waals surface area contributed by atoms with Gasteiger partial charge < -0.3 is 9.80 Å². The standard InChI is InChI=1S/C25H29N3O2/c29-24-12-6-14-28(24)20-22-9-4-11-23(19-22)25(30)27-17-15-26(16-18-27)13-5-10-21-7-2-1-3-8-21/h1-5,7-11,19H,6,12-18,20H2. The zero-order valence-electron chi connectivity index (χ0n) is 17.4. The molecule has 0 N–H and O–H groups in total. The van der Waals surface area contributed by atoms with Crippen molar-refractivity contribution in [3.8, 4) is 0 Å². The Bertz CT molecular complexity index is 902. The first kappa shape index (κ1) is 20.4. The summed E-state index contributed by atoms with van der Waals surface area (Å²) in [6, 6.07) is 18.1. The van der Waals surface area contributed by atoms with Crippen molar-refractivity contribution in [3.05, 3.63) is 77.4 Å². The minimum Gasteiger partial charge on any atom is -0.338 e. The number of hydrogen-bond acceptors (Lipinski definition) is 3. The van der Waals surface area contributed by atoms with Gasteiger partial charge in [0.1, 0.15) is 0 Å². The van der Waals surface area contributed by atoms with E-state index >= 15 is 0 Å². The first-order valence-corrected chi connectivity index (χ1v) is 10.8. The molecule has 2 fully saturated rings. The molecule has 4 rings (SSSR count). The van der Waals surface area contributed by atoms with Crippen LogP contribution in [0.3, 0.4) is 0 Å². The monoisotopic (exact) mass is 403 g/mol. The minimum atomic E-state index is 0.0871. The fraction of sp³-hybridized carbons (Fsp3) is 0.360. The van der Waals surface area contributed by atoms with Crippen molar-refractivity contribution in [1.29, 1.82) is 0 Å². The molecule has 30 heavy (non-hydrogen) atoms. The van der Waals surface area contributed by atoms with Crippen LogP contribution in [0.4, 0.5) is 0 Å². The molecular formula is C25H29N3O2. The SMILES string of the molecule is O=C1CCCN1Cc1cccc(C(=O)N2CCN(CC=Cc3ccccc3)CC2)c1. The van der Waals surface area contributed by atoms with Crippen LogP contribution in [0, 0.1) is 0 Å². The Morgan fingerprint density at radius 2 is 1.73 bits per heavy atom. The van der Waals surface area contributed by atoms with Gasteiger partial charge in [-0.15, -0.1) is 0 Å². The van der Waals surface area contributed by atoms with Crippen LogP contribution in [0.25, 0.3) is 6.08 Å². The zero-order valence-corrected chi connectivity index (χ0v) is 17.4. The molecular weight excluding hydrogens is 374 g/mol. The summed E-state index contributed by atoms with van der Waals surface area (Å²) >= 11 is 0. The van der Waals surface area contributed by atoms with E-state index in [1.54, 1.807) is 0 Å². The van der Waals surface area contributed by atoms with Crippen LogP contribution in [0.2, 0.25) is 0 Å². The van der Waals surface area contributed by atoms with Crippen molar-refractivity contribution >= 4 is 17.9 Å². The molecule has 0 aromatic heterocycles. The van der Waals surface area contributed by atoms with E-state index in [0.29, 0.717) is 13.0 Å². The van der Waals surface area contributed by atoms with Gasteiger partial charge in [-0.05, 0) is 29.7 Å². The number of nitrogens with zero attached hydrogens (tertiary/aromatic N) is 3. The molecule has 2 aliphatic heterocycles. The van der Waals surface area contributed by atoms with Crippen LogP contribution in [0.15, 0.2) is 60.7 Å². The second-order valence-electron chi connectivity index (χ2n) is 8.03. The number of piperazine rings is 1. The summed E-state index contributed by atoms with van der Waals surface area (Å²) in [5, 5.41) is 0. The molecule has 2 aromatic carbocycles. The Kier molecular flexibility index (Phi) is 6.60. The third kappa shape index (κ3) is 5.16. The molecule has 2 amide bonds. The second kappa shape index (κ2) is 9.72. The smallest absolute Gasteiger partial charge is 0.253 e. The molecule has 0 atom stereocenters. The van der Waals surface area contributed by atoms with Crippen LogP contribution >= 0.6 is 0 Å². The second-order valence-corrected chi connectivity index (χ2v) is 8.03. The fourth-order valence-electron chi connectivity index (χ4n) is 4.11. The first-order chi connectivity index (χ1) is 14.7. The van der Waals surface area contributed by atoms with Crippen molar-refractivity contribution in [3.63, 3.8) is 0 Å². The van der Waals surface area contributed by atoms with Gasteiger partial charge in [-0.25, -0.2) is 0 Å². The lowest BCUT2D eigenvalue weighted by Crippen LogP contribution is -2.48. The van der Waals surface area contributed by atoms with E-state index in [9.17, 15) is 9.59 Å². The Morgan fingerprint density at radius 3 is 2.47 bits per heavy atom. The van der Waals surface area contributed by atoms with Gasteiger partial charge in [0.15, 0.2) is 0 Å². The number of rotatable bonds is 6. The number of carbonyl (C=O) groups excluding carboxylic acids is 2. The van der Waals surface area contributed by atoms with E-state index in [2.05, 4.69) is 29.2 Å². The fourth-order valence-corrected chi connectivity index (χ4v) is 4.11. The number of hydrogen-bond donors (Lipinski definition) is 0. The Labute approximate surface area is 178 Å². The van der Waals surface area contributed by atoms with Gasteiger partial charge in [0.25, 0.3) is 5.91 Å². The summed E-state index contributed by atoms with van der Waals surface area (Å²) in [7, 11) is 0. The third-order valence-corrected chi connectivity index (χ3v) is 5.85. The highest BCUT2D eigenvalue weighted by Gasteiger charge is 2.23. The van der Waals surface area contributed by atoms with E-state index in [-0.39, 0.29) is 11.8 Å². The molecule has 2 heterocycles. The Balaban J connectivity index is 1.28. The van der Waals surface area contributed by atoms with E-state index in [4.69, 9.17) is 0 Å². The third-order valence-electron chi connectivity index (χ3n) is 5.85. The summed E-state index contributed by atoms with van der Waals surface area (Å²) < 4.78 is 0. The molecule has 0 unspecified atom stereocenters. The average Bonchev–Trinajstić information content (AvgIpc) is 3.19. The average molecular weight is 404 g/mol. The summed E-state index contributed by atoms with van der Waals surface area (Å²) in [5.74, 6) is 0.299. The Morgan fingerprint density at radius 1 is 0.933 bits per heavy atom.